The van der Waals surface area contributed by atoms with Crippen LogP contribution in [0.3, 0.4) is 0 Å². The molecule has 0 aromatic heterocycles. The highest BCUT2D eigenvalue weighted by Gasteiger charge is 2.28. The fourth-order valence-corrected chi connectivity index (χ4v) is 2.81. The summed E-state index contributed by atoms with van der Waals surface area (Å²) in [5.74, 6) is -1.76. The van der Waals surface area contributed by atoms with E-state index in [1.165, 1.54) is 6.92 Å². The predicted molar refractivity (Wildman–Crippen MR) is 110 cm³/mol. The van der Waals surface area contributed by atoms with Gasteiger partial charge in [0.05, 0.1) is 12.5 Å². The van der Waals surface area contributed by atoms with Crippen molar-refractivity contribution in [2.24, 2.45) is 0 Å². The molecule has 0 heterocycles. The van der Waals surface area contributed by atoms with Crippen LogP contribution in [0.5, 0.6) is 0 Å². The van der Waals surface area contributed by atoms with E-state index in [-0.39, 0.29) is 12.3 Å². The van der Waals surface area contributed by atoms with E-state index in [0.29, 0.717) is 12.1 Å². The molecule has 0 aliphatic heterocycles. The molecule has 2 atom stereocenters. The lowest BCUT2D eigenvalue weighted by Crippen LogP contribution is -2.42. The highest BCUT2D eigenvalue weighted by atomic mass is 16.5. The van der Waals surface area contributed by atoms with Gasteiger partial charge < -0.3 is 15.4 Å². The average molecular weight is 411 g/mol. The van der Waals surface area contributed by atoms with Crippen LogP contribution in [-0.2, 0) is 19.1 Å². The van der Waals surface area contributed by atoms with Crippen LogP contribution in [0, 0.1) is 0 Å². The smallest absolute Gasteiger partial charge is 0.321 e. The molecule has 0 aliphatic rings. The minimum atomic E-state index is -1.31. The molecule has 8 heteroatoms. The summed E-state index contributed by atoms with van der Waals surface area (Å²) < 4.78 is 5.43. The Labute approximate surface area is 175 Å². The van der Waals surface area contributed by atoms with Crippen LogP contribution >= 0.6 is 0 Å². The molecule has 0 fully saturated rings. The zero-order valence-electron chi connectivity index (χ0n) is 16.9. The van der Waals surface area contributed by atoms with Crippen molar-refractivity contribution in [1.29, 1.82) is 0 Å². The van der Waals surface area contributed by atoms with Gasteiger partial charge >= 0.3 is 12.0 Å². The third-order valence-corrected chi connectivity index (χ3v) is 4.11. The monoisotopic (exact) mass is 411 g/mol. The highest BCUT2D eigenvalue weighted by molar-refractivity contribution is 5.97. The molecule has 0 bridgehead atoms. The summed E-state index contributed by atoms with van der Waals surface area (Å²) in [4.78, 5) is 48.5. The van der Waals surface area contributed by atoms with Crippen LogP contribution in [0.25, 0.3) is 0 Å². The predicted octanol–water partition coefficient (Wildman–Crippen LogP) is 2.38. The maximum atomic E-state index is 12.7. The van der Waals surface area contributed by atoms with Crippen molar-refractivity contribution in [3.8, 4) is 0 Å². The van der Waals surface area contributed by atoms with E-state index < -0.39 is 30.1 Å². The van der Waals surface area contributed by atoms with E-state index in [0.717, 1.165) is 5.56 Å². The number of rotatable bonds is 8. The zero-order valence-corrected chi connectivity index (χ0v) is 16.9. The molecule has 158 valence electrons. The minimum absolute atomic E-state index is 0.179. The van der Waals surface area contributed by atoms with Crippen molar-refractivity contribution in [2.45, 2.75) is 32.4 Å². The number of esters is 1. The topological polar surface area (TPSA) is 114 Å². The molecule has 2 aromatic rings. The first-order valence-corrected chi connectivity index (χ1v) is 9.55. The Hall–Kier alpha value is -3.68. The van der Waals surface area contributed by atoms with Gasteiger partial charge in [-0.15, -0.1) is 0 Å². The molecule has 30 heavy (non-hydrogen) atoms. The molecule has 0 saturated heterocycles. The van der Waals surface area contributed by atoms with E-state index in [1.807, 2.05) is 6.07 Å². The number of benzene rings is 2. The summed E-state index contributed by atoms with van der Waals surface area (Å²) >= 11 is 0. The first-order valence-electron chi connectivity index (χ1n) is 9.55. The number of imide groups is 1. The zero-order chi connectivity index (χ0) is 21.9. The Morgan fingerprint density at radius 1 is 0.900 bits per heavy atom. The van der Waals surface area contributed by atoms with Crippen molar-refractivity contribution in [3.63, 3.8) is 0 Å². The van der Waals surface area contributed by atoms with Gasteiger partial charge in [-0.3, -0.25) is 19.7 Å². The summed E-state index contributed by atoms with van der Waals surface area (Å²) in [6.07, 6.45) is -1.49. The van der Waals surface area contributed by atoms with Gasteiger partial charge in [0.25, 0.3) is 5.91 Å². The van der Waals surface area contributed by atoms with Crippen LogP contribution in [-0.4, -0.2) is 30.4 Å². The second-order valence-corrected chi connectivity index (χ2v) is 6.50. The van der Waals surface area contributed by atoms with Gasteiger partial charge in [0.1, 0.15) is 0 Å². The summed E-state index contributed by atoms with van der Waals surface area (Å²) in [6.45, 7) is 3.41. The quantitative estimate of drug-likeness (QED) is 0.577. The van der Waals surface area contributed by atoms with E-state index >= 15 is 0 Å². The SMILES string of the molecule is CCNC(=O)NC(=O)[C@H](OC(=O)C[C@H](NC(C)=O)c1ccccc1)c1ccccc1. The molecule has 0 unspecified atom stereocenters. The molecule has 4 amide bonds. The lowest BCUT2D eigenvalue weighted by Gasteiger charge is -2.21. The summed E-state index contributed by atoms with van der Waals surface area (Å²) in [6, 6.07) is 16.1. The third kappa shape index (κ3) is 7.05. The standard InChI is InChI=1S/C22H25N3O5/c1-3-23-22(29)25-21(28)20(17-12-8-5-9-13-17)30-19(27)14-18(24-15(2)26)16-10-6-4-7-11-16/h4-13,18,20H,3,14H2,1-2H3,(H,24,26)(H2,23,25,28,29)/t18-,20+/m0/s1. The Morgan fingerprint density at radius 3 is 2.00 bits per heavy atom. The first-order chi connectivity index (χ1) is 14.4. The fraction of sp³-hybridized carbons (Fsp3) is 0.273. The average Bonchev–Trinajstić information content (AvgIpc) is 2.72. The number of carbonyl (C=O) groups excluding carboxylic acids is 4. The van der Waals surface area contributed by atoms with E-state index in [1.54, 1.807) is 61.5 Å². The van der Waals surface area contributed by atoms with Crippen molar-refractivity contribution in [3.05, 3.63) is 71.8 Å². The van der Waals surface area contributed by atoms with Crippen LogP contribution < -0.4 is 16.0 Å². The van der Waals surface area contributed by atoms with Gasteiger partial charge in [0.2, 0.25) is 12.0 Å². The van der Waals surface area contributed by atoms with Crippen LogP contribution in [0.4, 0.5) is 4.79 Å². The summed E-state index contributed by atoms with van der Waals surface area (Å²) in [5.41, 5.74) is 1.15. The molecule has 0 saturated carbocycles. The molecule has 8 nitrogen and oxygen atoms in total. The minimum Gasteiger partial charge on any atom is -0.447 e. The van der Waals surface area contributed by atoms with Crippen LogP contribution in [0.15, 0.2) is 60.7 Å². The van der Waals surface area contributed by atoms with E-state index in [2.05, 4.69) is 16.0 Å². The number of amides is 4. The molecule has 2 rings (SSSR count). The molecule has 3 N–H and O–H groups in total. The molecule has 0 spiro atoms. The van der Waals surface area contributed by atoms with Gasteiger partial charge in [0.15, 0.2) is 0 Å². The van der Waals surface area contributed by atoms with Gasteiger partial charge in [-0.1, -0.05) is 60.7 Å². The van der Waals surface area contributed by atoms with Crippen molar-refractivity contribution >= 4 is 23.8 Å². The molecular weight excluding hydrogens is 386 g/mol. The van der Waals surface area contributed by atoms with Gasteiger partial charge in [-0.25, -0.2) is 4.79 Å². The molecular formula is C22H25N3O5. The largest absolute Gasteiger partial charge is 0.447 e. The third-order valence-electron chi connectivity index (χ3n) is 4.11. The Balaban J connectivity index is 2.17. The first kappa shape index (κ1) is 22.6. The number of hydrogen-bond acceptors (Lipinski definition) is 5. The lowest BCUT2D eigenvalue weighted by molar-refractivity contribution is -0.156. The van der Waals surface area contributed by atoms with Gasteiger partial charge in [0, 0.05) is 19.0 Å². The molecule has 0 aliphatic carbocycles. The summed E-state index contributed by atoms with van der Waals surface area (Å²) in [7, 11) is 0. The maximum Gasteiger partial charge on any atom is 0.321 e. The van der Waals surface area contributed by atoms with E-state index in [9.17, 15) is 19.2 Å². The molecule has 2 aromatic carbocycles. The number of hydrogen-bond donors (Lipinski definition) is 3. The number of carbonyl (C=O) groups is 4. The second-order valence-electron chi connectivity index (χ2n) is 6.50. The van der Waals surface area contributed by atoms with Gasteiger partial charge in [-0.2, -0.15) is 0 Å². The Kier molecular flexibility index (Phi) is 8.56. The normalized spacial score (nSPS) is 12.2. The fourth-order valence-electron chi connectivity index (χ4n) is 2.81. The van der Waals surface area contributed by atoms with Crippen LogP contribution in [0.2, 0.25) is 0 Å². The van der Waals surface area contributed by atoms with E-state index in [4.69, 9.17) is 4.74 Å². The number of ether oxygens (including phenoxy) is 1. The van der Waals surface area contributed by atoms with Crippen molar-refractivity contribution < 1.29 is 23.9 Å². The lowest BCUT2D eigenvalue weighted by atomic mass is 10.0. The Bertz CT molecular complexity index is 871. The number of nitrogens with one attached hydrogen (secondary N) is 3. The maximum absolute atomic E-state index is 12.7. The second kappa shape index (κ2) is 11.4. The van der Waals surface area contributed by atoms with Crippen LogP contribution in [0.1, 0.15) is 43.5 Å². The van der Waals surface area contributed by atoms with Crippen molar-refractivity contribution in [1.82, 2.24) is 16.0 Å². The van der Waals surface area contributed by atoms with Gasteiger partial charge in [-0.05, 0) is 12.5 Å². The summed E-state index contributed by atoms with van der Waals surface area (Å²) in [5, 5.41) is 7.33. The Morgan fingerprint density at radius 2 is 1.47 bits per heavy atom. The highest BCUT2D eigenvalue weighted by Crippen LogP contribution is 2.22. The molecule has 0 radical (unpaired) electrons. The van der Waals surface area contributed by atoms with Crippen molar-refractivity contribution in [2.75, 3.05) is 6.54 Å². The number of urea groups is 1.